The minimum absolute atomic E-state index is 0.298. The van der Waals surface area contributed by atoms with Gasteiger partial charge in [0.05, 0.1) is 0 Å². The highest BCUT2D eigenvalue weighted by atomic mass is 19.1. The topological polar surface area (TPSA) is 22.0 Å². The lowest BCUT2D eigenvalue weighted by Crippen LogP contribution is -2.16. The summed E-state index contributed by atoms with van der Waals surface area (Å²) in [5.41, 5.74) is 0.588. The molecule has 0 aliphatic carbocycles. The Hall–Kier alpha value is -1.12. The molecule has 0 saturated carbocycles. The van der Waals surface area contributed by atoms with Crippen molar-refractivity contribution < 1.29 is 4.39 Å². The van der Waals surface area contributed by atoms with Crippen molar-refractivity contribution in [3.63, 3.8) is 0 Å². The van der Waals surface area contributed by atoms with Gasteiger partial charge in [-0.3, -0.25) is 9.36 Å². The first-order valence-electron chi connectivity index (χ1n) is 2.97. The van der Waals surface area contributed by atoms with E-state index in [-0.39, 0.29) is 5.56 Å². The Kier molecular flexibility index (Phi) is 1.85. The van der Waals surface area contributed by atoms with E-state index < -0.39 is 6.80 Å². The average Bonchev–Trinajstić information content (AvgIpc) is 1.94. The summed E-state index contributed by atoms with van der Waals surface area (Å²) in [6.07, 6.45) is 1.49. The van der Waals surface area contributed by atoms with Crippen LogP contribution in [0.4, 0.5) is 4.39 Å². The normalized spacial score (nSPS) is 9.80. The van der Waals surface area contributed by atoms with Crippen LogP contribution in [0.25, 0.3) is 0 Å². The maximum absolute atomic E-state index is 11.9. The van der Waals surface area contributed by atoms with Crippen LogP contribution in [0.1, 0.15) is 5.56 Å². The van der Waals surface area contributed by atoms with E-state index in [1.165, 1.54) is 12.3 Å². The van der Waals surface area contributed by atoms with Crippen molar-refractivity contribution in [1.29, 1.82) is 0 Å². The molecule has 10 heavy (non-hydrogen) atoms. The van der Waals surface area contributed by atoms with Gasteiger partial charge < -0.3 is 0 Å². The van der Waals surface area contributed by atoms with Crippen LogP contribution in [-0.4, -0.2) is 4.57 Å². The maximum Gasteiger partial charge on any atom is 0.252 e. The van der Waals surface area contributed by atoms with Crippen molar-refractivity contribution in [3.8, 4) is 0 Å². The molecule has 0 unspecified atom stereocenters. The Morgan fingerprint density at radius 1 is 1.60 bits per heavy atom. The van der Waals surface area contributed by atoms with Crippen LogP contribution in [0.3, 0.4) is 0 Å². The lowest BCUT2D eigenvalue weighted by Gasteiger charge is -1.97. The standard InChI is InChI=1S/C7H8FNO/c1-6-2-3-7(10)9(4-6)5-8/h2-4H,5H2,1H3. The fourth-order valence-corrected chi connectivity index (χ4v) is 0.744. The van der Waals surface area contributed by atoms with Gasteiger partial charge in [0.15, 0.2) is 6.80 Å². The zero-order chi connectivity index (χ0) is 7.56. The van der Waals surface area contributed by atoms with E-state index in [0.29, 0.717) is 0 Å². The average molecular weight is 141 g/mol. The molecule has 0 fully saturated rings. The molecule has 0 saturated heterocycles. The highest BCUT2D eigenvalue weighted by molar-refractivity contribution is 5.06. The van der Waals surface area contributed by atoms with Crippen molar-refractivity contribution in [2.45, 2.75) is 13.7 Å². The summed E-state index contributed by atoms with van der Waals surface area (Å²) >= 11 is 0. The minimum atomic E-state index is -0.749. The first-order valence-corrected chi connectivity index (χ1v) is 2.97. The molecule has 3 heteroatoms. The third-order valence-corrected chi connectivity index (χ3v) is 1.26. The highest BCUT2D eigenvalue weighted by Crippen LogP contribution is 1.91. The first-order chi connectivity index (χ1) is 4.74. The van der Waals surface area contributed by atoms with E-state index in [1.54, 1.807) is 6.07 Å². The Labute approximate surface area is 57.9 Å². The van der Waals surface area contributed by atoms with Gasteiger partial charge in [0.2, 0.25) is 0 Å². The van der Waals surface area contributed by atoms with Crippen LogP contribution in [-0.2, 0) is 6.80 Å². The molecule has 0 aliphatic heterocycles. The molecule has 0 amide bonds. The fourth-order valence-electron chi connectivity index (χ4n) is 0.744. The summed E-state index contributed by atoms with van der Waals surface area (Å²) in [6.45, 7) is 1.06. The van der Waals surface area contributed by atoms with Gasteiger partial charge in [0.1, 0.15) is 0 Å². The SMILES string of the molecule is Cc1ccc(=O)n(CF)c1. The molecule has 0 aliphatic rings. The van der Waals surface area contributed by atoms with Crippen molar-refractivity contribution in [2.24, 2.45) is 0 Å². The van der Waals surface area contributed by atoms with Crippen LogP contribution in [0.5, 0.6) is 0 Å². The molecule has 54 valence electrons. The van der Waals surface area contributed by atoms with Crippen LogP contribution >= 0.6 is 0 Å². The Morgan fingerprint density at radius 2 is 2.30 bits per heavy atom. The molecule has 0 radical (unpaired) electrons. The number of halogens is 1. The van der Waals surface area contributed by atoms with E-state index >= 15 is 0 Å². The summed E-state index contributed by atoms with van der Waals surface area (Å²) in [6, 6.07) is 3.02. The third-order valence-electron chi connectivity index (χ3n) is 1.26. The van der Waals surface area contributed by atoms with Gasteiger partial charge in [0, 0.05) is 12.3 Å². The molecule has 0 N–H and O–H groups in total. The lowest BCUT2D eigenvalue weighted by molar-refractivity contribution is 0.368. The van der Waals surface area contributed by atoms with Crippen LogP contribution in [0.2, 0.25) is 0 Å². The van der Waals surface area contributed by atoms with Crippen molar-refractivity contribution in [3.05, 3.63) is 34.2 Å². The molecule has 1 aromatic rings. The van der Waals surface area contributed by atoms with Crippen molar-refractivity contribution in [1.82, 2.24) is 4.57 Å². The maximum atomic E-state index is 11.9. The van der Waals surface area contributed by atoms with Crippen molar-refractivity contribution >= 4 is 0 Å². The number of rotatable bonds is 1. The van der Waals surface area contributed by atoms with Gasteiger partial charge in [-0.2, -0.15) is 0 Å². The number of nitrogens with zero attached hydrogens (tertiary/aromatic N) is 1. The Bertz CT molecular complexity index is 279. The number of aryl methyl sites for hydroxylation is 1. The molecule has 1 heterocycles. The summed E-state index contributed by atoms with van der Waals surface area (Å²) in [5, 5.41) is 0. The molecule has 0 aromatic carbocycles. The van der Waals surface area contributed by atoms with Crippen LogP contribution < -0.4 is 5.56 Å². The van der Waals surface area contributed by atoms with Gasteiger partial charge in [-0.1, -0.05) is 6.07 Å². The summed E-state index contributed by atoms with van der Waals surface area (Å²) < 4.78 is 13.0. The first kappa shape index (κ1) is 6.99. The Morgan fingerprint density at radius 3 is 2.80 bits per heavy atom. The fraction of sp³-hybridized carbons (Fsp3) is 0.286. The van der Waals surface area contributed by atoms with E-state index in [2.05, 4.69) is 0 Å². The largest absolute Gasteiger partial charge is 0.287 e. The molecular formula is C7H8FNO. The number of hydrogen-bond acceptors (Lipinski definition) is 1. The second kappa shape index (κ2) is 2.64. The molecule has 0 spiro atoms. The number of hydrogen-bond donors (Lipinski definition) is 0. The Balaban J connectivity index is 3.22. The third kappa shape index (κ3) is 1.23. The molecule has 1 rings (SSSR count). The molecule has 1 aromatic heterocycles. The highest BCUT2D eigenvalue weighted by Gasteiger charge is 1.91. The van der Waals surface area contributed by atoms with Gasteiger partial charge in [0.25, 0.3) is 5.56 Å². The van der Waals surface area contributed by atoms with Gasteiger partial charge in [-0.05, 0) is 12.5 Å². The number of aromatic nitrogens is 1. The van der Waals surface area contributed by atoms with Gasteiger partial charge in [-0.25, -0.2) is 4.39 Å². The molecule has 2 nitrogen and oxygen atoms in total. The molecule has 0 atom stereocenters. The van der Waals surface area contributed by atoms with Crippen LogP contribution in [0.15, 0.2) is 23.1 Å². The van der Waals surface area contributed by atoms with Gasteiger partial charge in [-0.15, -0.1) is 0 Å². The minimum Gasteiger partial charge on any atom is -0.287 e. The quantitative estimate of drug-likeness (QED) is 0.573. The molecular weight excluding hydrogens is 133 g/mol. The predicted octanol–water partition coefficient (Wildman–Crippen LogP) is 1.08. The zero-order valence-electron chi connectivity index (χ0n) is 5.67. The van der Waals surface area contributed by atoms with E-state index in [9.17, 15) is 9.18 Å². The smallest absolute Gasteiger partial charge is 0.252 e. The number of alkyl halides is 1. The number of pyridine rings is 1. The monoisotopic (exact) mass is 141 g/mol. The second-order valence-corrected chi connectivity index (χ2v) is 2.13. The second-order valence-electron chi connectivity index (χ2n) is 2.13. The van der Waals surface area contributed by atoms with E-state index in [4.69, 9.17) is 0 Å². The van der Waals surface area contributed by atoms with Crippen LogP contribution in [0, 0.1) is 6.92 Å². The van der Waals surface area contributed by atoms with Crippen molar-refractivity contribution in [2.75, 3.05) is 0 Å². The van der Waals surface area contributed by atoms with Gasteiger partial charge >= 0.3 is 0 Å². The summed E-state index contributed by atoms with van der Waals surface area (Å²) in [7, 11) is 0. The predicted molar refractivity (Wildman–Crippen MR) is 36.5 cm³/mol. The zero-order valence-corrected chi connectivity index (χ0v) is 5.67. The van der Waals surface area contributed by atoms with E-state index in [1.807, 2.05) is 6.92 Å². The lowest BCUT2D eigenvalue weighted by atomic mass is 10.3. The molecule has 0 bridgehead atoms. The van der Waals surface area contributed by atoms with E-state index in [0.717, 1.165) is 10.1 Å². The summed E-state index contributed by atoms with van der Waals surface area (Å²) in [4.78, 5) is 10.7. The summed E-state index contributed by atoms with van der Waals surface area (Å²) in [5.74, 6) is 0.